The number of hydrogen-bond donors (Lipinski definition) is 1. The maximum Gasteiger partial charge on any atom is 0.150 e. The van der Waals surface area contributed by atoms with Gasteiger partial charge in [-0.2, -0.15) is 0 Å². The van der Waals surface area contributed by atoms with Gasteiger partial charge in [-0.15, -0.1) is 0 Å². The Morgan fingerprint density at radius 3 is 1.97 bits per heavy atom. The largest absolute Gasteiger partial charge is 0.334 e. The van der Waals surface area contributed by atoms with Crippen molar-refractivity contribution in [1.82, 2.24) is 9.88 Å². The van der Waals surface area contributed by atoms with Gasteiger partial charge in [-0.1, -0.05) is 208 Å². The monoisotopic (exact) mass is 889 g/mol. The lowest BCUT2D eigenvalue weighted by atomic mass is 9.67. The van der Waals surface area contributed by atoms with Crippen LogP contribution in [0.4, 0.5) is 11.4 Å². The molecule has 4 aliphatic rings. The molecule has 2 aliphatic carbocycles. The Bertz CT molecular complexity index is 3660. The molecule has 0 bridgehead atoms. The predicted molar refractivity (Wildman–Crippen MR) is 289 cm³/mol. The number of fused-ring (bicyclic) bond motifs is 7. The summed E-state index contributed by atoms with van der Waals surface area (Å²) in [6.07, 6.45) is 13.0. The zero-order valence-corrected chi connectivity index (χ0v) is 38.8. The maximum absolute atomic E-state index is 5.43. The zero-order chi connectivity index (χ0) is 46.1. The van der Waals surface area contributed by atoms with E-state index in [1.807, 2.05) is 0 Å². The van der Waals surface area contributed by atoms with Gasteiger partial charge in [-0.3, -0.25) is 0 Å². The Morgan fingerprint density at radius 2 is 1.19 bits per heavy atom. The first kappa shape index (κ1) is 41.0. The number of rotatable bonds is 7. The number of amidine groups is 2. The lowest BCUT2D eigenvalue weighted by Crippen LogP contribution is -2.46. The summed E-state index contributed by atoms with van der Waals surface area (Å²) in [4.78, 5) is 13.4. The van der Waals surface area contributed by atoms with Crippen molar-refractivity contribution in [2.45, 2.75) is 44.3 Å². The van der Waals surface area contributed by atoms with Crippen molar-refractivity contribution in [3.8, 4) is 11.1 Å². The molecule has 3 atom stereocenters. The van der Waals surface area contributed by atoms with Crippen molar-refractivity contribution in [3.05, 3.63) is 252 Å². The van der Waals surface area contributed by atoms with Gasteiger partial charge in [-0.05, 0) is 81.8 Å². The normalized spacial score (nSPS) is 19.5. The van der Waals surface area contributed by atoms with Gasteiger partial charge in [0.05, 0.1) is 17.1 Å². The van der Waals surface area contributed by atoms with E-state index in [1.165, 1.54) is 83.1 Å². The molecule has 5 heteroatoms. The minimum atomic E-state index is -0.343. The van der Waals surface area contributed by atoms with Crippen LogP contribution in [0, 0.1) is 5.92 Å². The van der Waals surface area contributed by atoms with Gasteiger partial charge in [0, 0.05) is 55.9 Å². The van der Waals surface area contributed by atoms with Gasteiger partial charge in [0.25, 0.3) is 0 Å². The van der Waals surface area contributed by atoms with E-state index in [2.05, 4.69) is 253 Å². The van der Waals surface area contributed by atoms with E-state index in [1.54, 1.807) is 0 Å². The van der Waals surface area contributed by atoms with Crippen LogP contribution in [0.25, 0.3) is 55.0 Å². The number of benzene rings is 8. The highest BCUT2D eigenvalue weighted by Crippen LogP contribution is 2.53. The molecule has 0 radical (unpaired) electrons. The van der Waals surface area contributed by atoms with Crippen LogP contribution in [-0.2, 0) is 5.41 Å². The third-order valence-electron chi connectivity index (χ3n) is 15.0. The second kappa shape index (κ2) is 16.5. The van der Waals surface area contributed by atoms with Gasteiger partial charge in [0.1, 0.15) is 11.7 Å². The van der Waals surface area contributed by atoms with Crippen LogP contribution in [-0.4, -0.2) is 28.4 Å². The molecule has 332 valence electrons. The minimum Gasteiger partial charge on any atom is -0.334 e. The fourth-order valence-electron chi connectivity index (χ4n) is 11.6. The summed E-state index contributed by atoms with van der Waals surface area (Å²) < 4.78 is 2.58. The standard InChI is InChI=1S/C64H51N5/c1-64(2)54-30-14-15-31-56(54)68(49-24-10-5-11-25-49)58-41-47(36-38-55(58)64)52-28-17-29-53-59-51-27-13-12-20-44(51)37-39-57(59)69(60(52)53)50-26-16-23-48(40-50)63-66-61(45-21-8-4-9-22-45)65-62(67-63)46-34-32-43(33-35-46)42-18-6-3-7-19-42/h3-39,48,58,63H,40-41H2,1-2H3,(H,65,66,67). The Kier molecular flexibility index (Phi) is 9.79. The third-order valence-corrected chi connectivity index (χ3v) is 15.0. The van der Waals surface area contributed by atoms with Gasteiger partial charge in [-0.25, -0.2) is 9.98 Å². The summed E-state index contributed by atoms with van der Waals surface area (Å²) in [5.74, 6) is 1.67. The minimum absolute atomic E-state index is 0.00730. The lowest BCUT2D eigenvalue weighted by molar-refractivity contribution is 0.517. The fourth-order valence-corrected chi connectivity index (χ4v) is 11.6. The first-order chi connectivity index (χ1) is 34.0. The van der Waals surface area contributed by atoms with Crippen molar-refractivity contribution < 1.29 is 0 Å². The van der Waals surface area contributed by atoms with E-state index in [-0.39, 0.29) is 23.5 Å². The average molecular weight is 890 g/mol. The van der Waals surface area contributed by atoms with Crippen molar-refractivity contribution in [1.29, 1.82) is 0 Å². The Labute approximate surface area is 403 Å². The molecule has 9 aromatic rings. The molecule has 0 amide bonds. The summed E-state index contributed by atoms with van der Waals surface area (Å²) in [5.41, 5.74) is 15.9. The van der Waals surface area contributed by atoms with E-state index < -0.39 is 0 Å². The number of aromatic nitrogens is 1. The smallest absolute Gasteiger partial charge is 0.150 e. The molecule has 0 saturated carbocycles. The van der Waals surface area contributed by atoms with Crippen molar-refractivity contribution >= 4 is 66.9 Å². The van der Waals surface area contributed by atoms with Crippen LogP contribution in [0.5, 0.6) is 0 Å². The maximum atomic E-state index is 5.43. The molecule has 13 rings (SSSR count). The predicted octanol–water partition coefficient (Wildman–Crippen LogP) is 15.1. The number of nitrogens with zero attached hydrogens (tertiary/aromatic N) is 4. The lowest BCUT2D eigenvalue weighted by Gasteiger charge is -2.49. The van der Waals surface area contributed by atoms with Crippen molar-refractivity contribution in [2.75, 3.05) is 4.90 Å². The number of para-hydroxylation sites is 3. The molecule has 69 heavy (non-hydrogen) atoms. The Balaban J connectivity index is 0.937. The van der Waals surface area contributed by atoms with Crippen molar-refractivity contribution in [2.24, 2.45) is 15.9 Å². The molecule has 8 aromatic carbocycles. The van der Waals surface area contributed by atoms with Crippen LogP contribution in [0.15, 0.2) is 240 Å². The number of aliphatic imine (C=N–C) groups is 2. The molecule has 2 aliphatic heterocycles. The summed E-state index contributed by atoms with van der Waals surface area (Å²) >= 11 is 0. The van der Waals surface area contributed by atoms with Crippen LogP contribution in [0.1, 0.15) is 48.9 Å². The highest BCUT2D eigenvalue weighted by molar-refractivity contribution is 6.23. The molecule has 5 nitrogen and oxygen atoms in total. The number of allylic oxidation sites excluding steroid dienone is 5. The molecule has 0 fully saturated rings. The molecule has 1 N–H and O–H groups in total. The first-order valence-electron chi connectivity index (χ1n) is 24.3. The third kappa shape index (κ3) is 6.91. The van der Waals surface area contributed by atoms with Gasteiger partial charge in [0.2, 0.25) is 0 Å². The Morgan fingerprint density at radius 1 is 0.551 bits per heavy atom. The van der Waals surface area contributed by atoms with Crippen LogP contribution in [0.3, 0.4) is 0 Å². The molecule has 0 saturated heterocycles. The van der Waals surface area contributed by atoms with Gasteiger partial charge < -0.3 is 14.8 Å². The van der Waals surface area contributed by atoms with Crippen LogP contribution >= 0.6 is 0 Å². The summed E-state index contributed by atoms with van der Waals surface area (Å²) in [6.45, 7) is 4.80. The SMILES string of the molecule is CC1(C)C2=CC=C(c3cccc4c5c6ccccc6ccc5n(C5=CC=CC(C6N=C(c7ccccc7)NC(c7ccc(-c8ccccc8)cc7)=N6)C5)c34)CC2N(c2ccccc2)c2ccccc21. The molecule has 3 heterocycles. The summed E-state index contributed by atoms with van der Waals surface area (Å²) in [5, 5.41) is 8.71. The van der Waals surface area contributed by atoms with Gasteiger partial charge >= 0.3 is 0 Å². The topological polar surface area (TPSA) is 44.9 Å². The second-order valence-electron chi connectivity index (χ2n) is 19.3. The van der Waals surface area contributed by atoms with E-state index in [0.717, 1.165) is 35.6 Å². The highest BCUT2D eigenvalue weighted by atomic mass is 15.2. The fraction of sp³-hybridized carbons (Fsp3) is 0.125. The quantitative estimate of drug-likeness (QED) is 0.173. The number of nitrogens with one attached hydrogen (secondary N) is 1. The van der Waals surface area contributed by atoms with E-state index in [4.69, 9.17) is 9.98 Å². The highest BCUT2D eigenvalue weighted by Gasteiger charge is 2.43. The van der Waals surface area contributed by atoms with Crippen LogP contribution in [0.2, 0.25) is 0 Å². The number of hydrogen-bond acceptors (Lipinski definition) is 4. The molecule has 1 aromatic heterocycles. The first-order valence-corrected chi connectivity index (χ1v) is 24.3. The summed E-state index contributed by atoms with van der Waals surface area (Å²) in [6, 6.07) is 70.3. The van der Waals surface area contributed by atoms with Gasteiger partial charge in [0.15, 0.2) is 6.17 Å². The summed E-state index contributed by atoms with van der Waals surface area (Å²) in [7, 11) is 0. The zero-order valence-electron chi connectivity index (χ0n) is 38.8. The van der Waals surface area contributed by atoms with E-state index in [0.29, 0.717) is 0 Å². The number of anilines is 2. The Hall–Kier alpha value is -8.28. The van der Waals surface area contributed by atoms with E-state index in [9.17, 15) is 0 Å². The van der Waals surface area contributed by atoms with Crippen LogP contribution < -0.4 is 10.2 Å². The molecular formula is C64H51N5. The van der Waals surface area contributed by atoms with E-state index >= 15 is 0 Å². The average Bonchev–Trinajstić information content (AvgIpc) is 3.77. The van der Waals surface area contributed by atoms with Crippen molar-refractivity contribution in [3.63, 3.8) is 0 Å². The molecular weight excluding hydrogens is 839 g/mol. The molecule has 0 spiro atoms. The molecule has 3 unspecified atom stereocenters. The second-order valence-corrected chi connectivity index (χ2v) is 19.3.